The van der Waals surface area contributed by atoms with Gasteiger partial charge in [-0.2, -0.15) is 0 Å². The van der Waals surface area contributed by atoms with Crippen molar-refractivity contribution in [3.05, 3.63) is 11.5 Å². The summed E-state index contributed by atoms with van der Waals surface area (Å²) in [7, 11) is 1.59. The quantitative estimate of drug-likeness (QED) is 0.700. The van der Waals surface area contributed by atoms with E-state index in [-0.39, 0.29) is 0 Å². The molecule has 14 heavy (non-hydrogen) atoms. The van der Waals surface area contributed by atoms with Gasteiger partial charge in [-0.25, -0.2) is 8.42 Å². The Hall–Kier alpha value is -0.0600. The highest BCUT2D eigenvalue weighted by atomic mass is 35.7. The average molecular weight is 238 g/mol. The predicted octanol–water partition coefficient (Wildman–Crippen LogP) is 1.80. The molecule has 0 aromatic carbocycles. The van der Waals surface area contributed by atoms with E-state index in [1.165, 1.54) is 0 Å². The summed E-state index contributed by atoms with van der Waals surface area (Å²) in [5.74, 6) is 0.588. The lowest BCUT2D eigenvalue weighted by molar-refractivity contribution is 0.343. The molecule has 3 nitrogen and oxygen atoms in total. The van der Waals surface area contributed by atoms with E-state index in [0.717, 1.165) is 37.9 Å². The lowest BCUT2D eigenvalue weighted by atomic mass is 10.1. The van der Waals surface area contributed by atoms with Gasteiger partial charge in [0, 0.05) is 22.6 Å². The minimum atomic E-state index is -3.46. The van der Waals surface area contributed by atoms with Crippen molar-refractivity contribution in [1.82, 2.24) is 4.90 Å². The van der Waals surface area contributed by atoms with Crippen LogP contribution in [-0.2, 0) is 9.05 Å². The standard InChI is InChI=1S/C9H16ClNO2S/c1-2-11-6-5-9(8-11)4-3-7-14(10,12)13/h3,7,9H,2,4-6,8H2,1H3/b7-3-. The molecule has 1 rings (SSSR count). The molecular formula is C9H16ClNO2S. The zero-order valence-electron chi connectivity index (χ0n) is 8.32. The Balaban J connectivity index is 2.30. The highest BCUT2D eigenvalue weighted by Gasteiger charge is 2.19. The van der Waals surface area contributed by atoms with E-state index in [9.17, 15) is 8.42 Å². The van der Waals surface area contributed by atoms with Gasteiger partial charge in [0.25, 0.3) is 9.05 Å². The van der Waals surface area contributed by atoms with Crippen molar-refractivity contribution >= 4 is 19.7 Å². The van der Waals surface area contributed by atoms with E-state index in [0.29, 0.717) is 5.92 Å². The third-order valence-corrected chi connectivity index (χ3v) is 3.37. The van der Waals surface area contributed by atoms with Crippen LogP contribution in [0.15, 0.2) is 11.5 Å². The third kappa shape index (κ3) is 4.44. The van der Waals surface area contributed by atoms with Crippen LogP contribution < -0.4 is 0 Å². The van der Waals surface area contributed by atoms with Gasteiger partial charge in [0.15, 0.2) is 0 Å². The summed E-state index contributed by atoms with van der Waals surface area (Å²) in [4.78, 5) is 2.37. The molecule has 1 aliphatic rings. The van der Waals surface area contributed by atoms with E-state index in [2.05, 4.69) is 11.8 Å². The first-order valence-electron chi connectivity index (χ1n) is 4.85. The fourth-order valence-corrected chi connectivity index (χ4v) is 2.31. The van der Waals surface area contributed by atoms with Crippen LogP contribution in [0.5, 0.6) is 0 Å². The summed E-state index contributed by atoms with van der Waals surface area (Å²) >= 11 is 0. The molecule has 0 aromatic heterocycles. The minimum Gasteiger partial charge on any atom is -0.303 e. The van der Waals surface area contributed by atoms with Crippen molar-refractivity contribution in [2.75, 3.05) is 19.6 Å². The van der Waals surface area contributed by atoms with Gasteiger partial charge < -0.3 is 4.90 Å². The molecule has 1 heterocycles. The second kappa shape index (κ2) is 5.14. The Kier molecular flexibility index (Phi) is 4.41. The van der Waals surface area contributed by atoms with Crippen LogP contribution in [0.25, 0.3) is 0 Å². The predicted molar refractivity (Wildman–Crippen MR) is 58.8 cm³/mol. The van der Waals surface area contributed by atoms with Gasteiger partial charge in [-0.05, 0) is 31.8 Å². The lowest BCUT2D eigenvalue weighted by Crippen LogP contribution is -2.19. The van der Waals surface area contributed by atoms with E-state index in [1.54, 1.807) is 6.08 Å². The smallest absolute Gasteiger partial charge is 0.254 e. The van der Waals surface area contributed by atoms with Crippen molar-refractivity contribution in [2.24, 2.45) is 5.92 Å². The van der Waals surface area contributed by atoms with Crippen molar-refractivity contribution in [2.45, 2.75) is 19.8 Å². The summed E-state index contributed by atoms with van der Waals surface area (Å²) in [6.07, 6.45) is 3.62. The Morgan fingerprint density at radius 2 is 2.29 bits per heavy atom. The number of allylic oxidation sites excluding steroid dienone is 1. The van der Waals surface area contributed by atoms with Crippen LogP contribution >= 0.6 is 10.7 Å². The lowest BCUT2D eigenvalue weighted by Gasteiger charge is -2.11. The van der Waals surface area contributed by atoms with Gasteiger partial charge in [0.1, 0.15) is 0 Å². The highest BCUT2D eigenvalue weighted by Crippen LogP contribution is 2.19. The van der Waals surface area contributed by atoms with Gasteiger partial charge in [0.2, 0.25) is 0 Å². The van der Waals surface area contributed by atoms with Crippen LogP contribution in [0.2, 0.25) is 0 Å². The maximum absolute atomic E-state index is 10.6. The van der Waals surface area contributed by atoms with Crippen LogP contribution in [0.4, 0.5) is 0 Å². The van der Waals surface area contributed by atoms with Crippen LogP contribution in [0, 0.1) is 5.92 Å². The molecule has 1 saturated heterocycles. The Labute approximate surface area is 90.2 Å². The first-order valence-corrected chi connectivity index (χ1v) is 7.22. The van der Waals surface area contributed by atoms with E-state index in [1.807, 2.05) is 0 Å². The number of rotatable bonds is 4. The van der Waals surface area contributed by atoms with Gasteiger partial charge >= 0.3 is 0 Å². The molecule has 1 aliphatic heterocycles. The van der Waals surface area contributed by atoms with Crippen LogP contribution in [0.1, 0.15) is 19.8 Å². The molecule has 0 amide bonds. The normalized spacial score (nSPS) is 24.9. The number of halogens is 1. The number of nitrogens with zero attached hydrogens (tertiary/aromatic N) is 1. The molecule has 0 radical (unpaired) electrons. The minimum absolute atomic E-state index is 0.588. The second-order valence-electron chi connectivity index (χ2n) is 3.63. The second-order valence-corrected chi connectivity index (χ2v) is 6.14. The SMILES string of the molecule is CCN1CCC(C/C=C\S(=O)(=O)Cl)C1. The summed E-state index contributed by atoms with van der Waals surface area (Å²) in [6, 6.07) is 0. The highest BCUT2D eigenvalue weighted by molar-refractivity contribution is 8.16. The Bertz CT molecular complexity index is 300. The third-order valence-electron chi connectivity index (χ3n) is 2.55. The molecular weight excluding hydrogens is 222 g/mol. The summed E-state index contributed by atoms with van der Waals surface area (Å²) in [6.45, 7) is 5.42. The maximum Gasteiger partial charge on any atom is 0.254 e. The first-order chi connectivity index (χ1) is 6.51. The van der Waals surface area contributed by atoms with Crippen LogP contribution in [0.3, 0.4) is 0 Å². The van der Waals surface area contributed by atoms with Gasteiger partial charge in [-0.3, -0.25) is 0 Å². The fraction of sp³-hybridized carbons (Fsp3) is 0.778. The molecule has 0 aliphatic carbocycles. The van der Waals surface area contributed by atoms with Crippen molar-refractivity contribution in [3.63, 3.8) is 0 Å². The van der Waals surface area contributed by atoms with E-state index >= 15 is 0 Å². The Morgan fingerprint density at radius 1 is 1.57 bits per heavy atom. The molecule has 0 saturated carbocycles. The topological polar surface area (TPSA) is 37.4 Å². The average Bonchev–Trinajstić information content (AvgIpc) is 2.50. The number of hydrogen-bond acceptors (Lipinski definition) is 3. The molecule has 5 heteroatoms. The summed E-state index contributed by atoms with van der Waals surface area (Å²) < 4.78 is 21.2. The summed E-state index contributed by atoms with van der Waals surface area (Å²) in [5, 5.41) is 1.09. The number of likely N-dealkylation sites (tertiary alicyclic amines) is 1. The molecule has 82 valence electrons. The fourth-order valence-electron chi connectivity index (χ4n) is 1.76. The largest absolute Gasteiger partial charge is 0.303 e. The molecule has 1 atom stereocenters. The van der Waals surface area contributed by atoms with Crippen molar-refractivity contribution in [3.8, 4) is 0 Å². The van der Waals surface area contributed by atoms with Gasteiger partial charge in [0.05, 0.1) is 0 Å². The monoisotopic (exact) mass is 237 g/mol. The molecule has 0 bridgehead atoms. The zero-order valence-corrected chi connectivity index (χ0v) is 9.89. The molecule has 0 N–H and O–H groups in total. The molecule has 0 aromatic rings. The maximum atomic E-state index is 10.6. The molecule has 1 unspecified atom stereocenters. The first kappa shape index (κ1) is 12.0. The molecule has 1 fully saturated rings. The molecule has 0 spiro atoms. The van der Waals surface area contributed by atoms with E-state index < -0.39 is 9.05 Å². The van der Waals surface area contributed by atoms with Crippen LogP contribution in [-0.4, -0.2) is 33.0 Å². The van der Waals surface area contributed by atoms with E-state index in [4.69, 9.17) is 10.7 Å². The summed E-state index contributed by atoms with van der Waals surface area (Å²) in [5.41, 5.74) is 0. The van der Waals surface area contributed by atoms with Crippen molar-refractivity contribution < 1.29 is 8.42 Å². The van der Waals surface area contributed by atoms with Gasteiger partial charge in [-0.15, -0.1) is 0 Å². The van der Waals surface area contributed by atoms with Gasteiger partial charge in [-0.1, -0.05) is 13.0 Å². The Morgan fingerprint density at radius 3 is 2.79 bits per heavy atom. The van der Waals surface area contributed by atoms with Crippen molar-refractivity contribution in [1.29, 1.82) is 0 Å². The zero-order chi connectivity index (χ0) is 10.6. The number of hydrogen-bond donors (Lipinski definition) is 0.